The lowest BCUT2D eigenvalue weighted by Gasteiger charge is -2.10. The number of amides is 5. The second-order valence-electron chi connectivity index (χ2n) is 25.9. The number of carbonyl (C=O) groups excluding carboxylic acids is 5. The number of ether oxygens (including phenoxy) is 5. The predicted molar refractivity (Wildman–Crippen MR) is 469 cm³/mol. The number of terminal acetylenes is 1. The lowest BCUT2D eigenvalue weighted by atomic mass is 10.1. The van der Waals surface area contributed by atoms with Crippen molar-refractivity contribution in [3.05, 3.63) is 398 Å². The van der Waals surface area contributed by atoms with Crippen LogP contribution in [0.25, 0.3) is 0 Å². The molecular formula is C93H69Cl2F3IN13O10. The number of benzene rings is 8. The zero-order valence-corrected chi connectivity index (χ0v) is 68.6. The van der Waals surface area contributed by atoms with Gasteiger partial charge in [-0.3, -0.25) is 43.9 Å². The molecule has 122 heavy (non-hydrogen) atoms. The van der Waals surface area contributed by atoms with E-state index in [1.54, 1.807) is 184 Å². The first-order valence-corrected chi connectivity index (χ1v) is 38.4. The van der Waals surface area contributed by atoms with Gasteiger partial charge in [0, 0.05) is 137 Å². The fourth-order valence-corrected chi connectivity index (χ4v) is 11.9. The maximum Gasteiger partial charge on any atom is 0.274 e. The van der Waals surface area contributed by atoms with E-state index >= 15 is 0 Å². The third-order valence-electron chi connectivity index (χ3n) is 16.1. The van der Waals surface area contributed by atoms with Crippen molar-refractivity contribution in [2.24, 2.45) is 0 Å². The van der Waals surface area contributed by atoms with Crippen molar-refractivity contribution in [2.75, 3.05) is 26.6 Å². The van der Waals surface area contributed by atoms with Gasteiger partial charge in [0.05, 0.1) is 43.4 Å². The molecule has 0 unspecified atom stereocenters. The van der Waals surface area contributed by atoms with Gasteiger partial charge in [-0.25, -0.2) is 33.1 Å². The molecule has 0 fully saturated rings. The molecule has 15 aromatic rings. The highest BCUT2D eigenvalue weighted by Gasteiger charge is 2.17. The summed E-state index contributed by atoms with van der Waals surface area (Å²) in [6.07, 6.45) is 21.7. The van der Waals surface area contributed by atoms with Crippen molar-refractivity contribution < 1.29 is 60.8 Å². The average molecular weight is 1780 g/mol. The number of aromatic nitrogens is 8. The van der Waals surface area contributed by atoms with Crippen LogP contribution in [0.1, 0.15) is 80.1 Å². The van der Waals surface area contributed by atoms with Crippen LogP contribution in [0.2, 0.25) is 10.0 Å². The molecule has 0 bridgehead atoms. The van der Waals surface area contributed by atoms with Gasteiger partial charge in [0.1, 0.15) is 75.3 Å². The third kappa shape index (κ3) is 28.3. The first-order chi connectivity index (χ1) is 58.9. The topological polar surface area (TPSA) is 295 Å². The molecular weight excluding hydrogens is 1710 g/mol. The highest BCUT2D eigenvalue weighted by atomic mass is 127. The number of pyridine rings is 6. The lowest BCUT2D eigenvalue weighted by Crippen LogP contribution is -2.14. The maximum atomic E-state index is 13.9. The molecule has 0 radical (unpaired) electrons. The minimum Gasteiger partial charge on any atom is -0.456 e. The first-order valence-electron chi connectivity index (χ1n) is 36.6. The molecule has 0 spiro atoms. The van der Waals surface area contributed by atoms with Crippen LogP contribution < -0.4 is 50.3 Å². The van der Waals surface area contributed by atoms with Gasteiger partial charge < -0.3 is 50.3 Å². The number of hydrogen-bond donors (Lipinski definition) is 5. The lowest BCUT2D eigenvalue weighted by molar-refractivity contribution is 0.101. The van der Waals surface area contributed by atoms with Crippen molar-refractivity contribution in [3.63, 3.8) is 0 Å². The van der Waals surface area contributed by atoms with Crippen molar-refractivity contribution in [1.29, 1.82) is 0 Å². The number of anilines is 5. The maximum absolute atomic E-state index is 13.9. The van der Waals surface area contributed by atoms with Crippen LogP contribution in [0.5, 0.6) is 57.5 Å². The van der Waals surface area contributed by atoms with E-state index < -0.39 is 23.4 Å². The van der Waals surface area contributed by atoms with Gasteiger partial charge >= 0.3 is 0 Å². The molecule has 0 aliphatic heterocycles. The van der Waals surface area contributed by atoms with Gasteiger partial charge in [-0.15, -0.1) is 6.42 Å². The zero-order valence-electron chi connectivity index (χ0n) is 65.0. The summed E-state index contributed by atoms with van der Waals surface area (Å²) in [5.41, 5.74) is 8.63. The summed E-state index contributed by atoms with van der Waals surface area (Å²) in [6, 6.07) is 67.0. The predicted octanol–water partition coefficient (Wildman–Crippen LogP) is 22.4. The molecule has 0 saturated heterocycles. The second-order valence-corrected chi connectivity index (χ2v) is 28.0. The SMILES string of the molecule is C#Cc1cccc(C(=O)Nc2ccc(F)c(Oc3cncnc3)c2)c1.Cc1cccc(C(=O)Nc2cc(Cl)cc(Oc3cccnc3)c2)c1.Cc1cccc(C(=O)Nc2cc(Cl)cc(Oc3cncc(F)c3)c2)n1.Cc1cccc(C(=O)Nc2cc(F)cc(Oc3cccnc3)c2)n1.Cc1cccc(C(=O)Nc2cc(I)cc(Oc3cccnc3)c2)c1. The average Bonchev–Trinajstić information content (AvgIpc) is 0.870. The van der Waals surface area contributed by atoms with E-state index in [0.29, 0.717) is 89.5 Å². The largest absolute Gasteiger partial charge is 0.456 e. The number of nitrogens with one attached hydrogen (secondary N) is 5. The molecule has 5 amide bonds. The molecule has 608 valence electrons. The number of carbonyl (C=O) groups is 5. The van der Waals surface area contributed by atoms with Gasteiger partial charge in [0.2, 0.25) is 0 Å². The molecule has 0 aliphatic carbocycles. The van der Waals surface area contributed by atoms with Crippen LogP contribution in [0.4, 0.5) is 41.6 Å². The fourth-order valence-electron chi connectivity index (χ4n) is 10.8. The Kier molecular flexibility index (Phi) is 31.4. The Morgan fingerprint density at radius 2 is 0.770 bits per heavy atom. The van der Waals surface area contributed by atoms with Crippen LogP contribution in [0.15, 0.2) is 311 Å². The van der Waals surface area contributed by atoms with Gasteiger partial charge in [0.15, 0.2) is 17.3 Å². The van der Waals surface area contributed by atoms with Crippen LogP contribution in [-0.4, -0.2) is 69.4 Å². The molecule has 5 N–H and O–H groups in total. The Balaban J connectivity index is 0.000000149. The molecule has 8 aromatic carbocycles. The Hall–Kier alpha value is -15.3. The molecule has 29 heteroatoms. The summed E-state index contributed by atoms with van der Waals surface area (Å²) in [6.45, 7) is 7.49. The Morgan fingerprint density at radius 3 is 1.25 bits per heavy atom. The number of aryl methyl sites for hydroxylation is 4. The number of rotatable bonds is 20. The Morgan fingerprint density at radius 1 is 0.352 bits per heavy atom. The molecule has 15 rings (SSSR count). The first kappa shape index (κ1) is 87.6. The Labute approximate surface area is 722 Å². The van der Waals surface area contributed by atoms with Crippen LogP contribution in [-0.2, 0) is 0 Å². The van der Waals surface area contributed by atoms with Gasteiger partial charge in [-0.1, -0.05) is 82.7 Å². The summed E-state index contributed by atoms with van der Waals surface area (Å²) >= 11 is 14.4. The summed E-state index contributed by atoms with van der Waals surface area (Å²) in [4.78, 5) is 93.0. The van der Waals surface area contributed by atoms with Crippen LogP contribution in [0.3, 0.4) is 0 Å². The van der Waals surface area contributed by atoms with Crippen LogP contribution >= 0.6 is 45.8 Å². The number of hydrogen-bond acceptors (Lipinski definition) is 18. The molecule has 7 heterocycles. The highest BCUT2D eigenvalue weighted by molar-refractivity contribution is 14.1. The normalized spacial score (nSPS) is 10.2. The smallest absolute Gasteiger partial charge is 0.274 e. The van der Waals surface area contributed by atoms with E-state index in [2.05, 4.69) is 95.0 Å². The molecule has 0 saturated carbocycles. The van der Waals surface area contributed by atoms with Gasteiger partial charge in [0.25, 0.3) is 29.5 Å². The number of halogens is 6. The zero-order chi connectivity index (χ0) is 86.3. The van der Waals surface area contributed by atoms with E-state index in [-0.39, 0.29) is 63.7 Å². The van der Waals surface area contributed by atoms with E-state index in [4.69, 9.17) is 53.3 Å². The Bertz CT molecular complexity index is 5890. The van der Waals surface area contributed by atoms with Crippen molar-refractivity contribution in [1.82, 2.24) is 39.9 Å². The minimum atomic E-state index is -0.573. The van der Waals surface area contributed by atoms with E-state index in [9.17, 15) is 37.1 Å². The number of nitrogens with zero attached hydrogens (tertiary/aromatic N) is 8. The summed E-state index contributed by atoms with van der Waals surface area (Å²) in [5.74, 6) is 3.30. The van der Waals surface area contributed by atoms with Gasteiger partial charge in [-0.2, -0.15) is 0 Å². The van der Waals surface area contributed by atoms with Crippen molar-refractivity contribution in [3.8, 4) is 69.8 Å². The quantitative estimate of drug-likeness (QED) is 0.0350. The molecule has 23 nitrogen and oxygen atoms in total. The van der Waals surface area contributed by atoms with Crippen molar-refractivity contribution >= 4 is 104 Å². The fraction of sp³-hybridized carbons (Fsp3) is 0.0430. The van der Waals surface area contributed by atoms with Gasteiger partial charge in [-0.05, 0) is 208 Å². The molecule has 7 aromatic heterocycles. The van der Waals surface area contributed by atoms with E-state index in [1.165, 1.54) is 73.6 Å². The third-order valence-corrected chi connectivity index (χ3v) is 17.1. The second kappa shape index (κ2) is 43.8. The highest BCUT2D eigenvalue weighted by Crippen LogP contribution is 2.34. The van der Waals surface area contributed by atoms with Crippen LogP contribution in [0, 0.1) is 61.1 Å². The standard InChI is InChI=1S/C19H15ClN2O2.C19H12FN3O2.C19H15IN2O2.C18H13ClFN3O2.C18H14FN3O2/c1-13-4-2-5-14(8-13)19(23)22-16-9-15(20)10-18(11-16)24-17-6-3-7-21-12-17;1-2-13-4-3-5-14(8-13)19(24)23-15-6-7-17(20)18(9-15)25-16-10-21-12-22-11-16;1-13-4-2-5-14(8-13)19(23)22-16-9-15(20)10-18(11-16)24-17-6-3-7-21-12-17;1-11-3-2-4-17(22-11)18(24)23-14-5-12(19)6-15(8-14)25-16-7-13(20)9-21-10-16;1-12-4-2-6-17(21-12)18(23)22-14-8-13(19)9-16(10-14)24-15-5-3-7-20-11-15/h2-12H,1H3,(H,22,23);1,3-12H,(H,23,24);2-12H,1H3,(H,22,23);2-10H,1H3,(H,23,24);2-11H,1H3,(H,22,23). The summed E-state index contributed by atoms with van der Waals surface area (Å²) in [5, 5.41) is 14.6. The van der Waals surface area contributed by atoms with E-state index in [0.717, 1.165) is 32.3 Å². The summed E-state index contributed by atoms with van der Waals surface area (Å²) in [7, 11) is 0. The molecule has 0 atom stereocenters. The van der Waals surface area contributed by atoms with Crippen molar-refractivity contribution in [2.45, 2.75) is 27.7 Å². The molecule has 0 aliphatic rings. The van der Waals surface area contributed by atoms with E-state index in [1.807, 2.05) is 74.5 Å². The minimum absolute atomic E-state index is 0.0509. The summed E-state index contributed by atoms with van der Waals surface area (Å²) < 4.78 is 69.8. The monoisotopic (exact) mass is 1780 g/mol.